The zero-order chi connectivity index (χ0) is 14.1. The highest BCUT2D eigenvalue weighted by Crippen LogP contribution is 2.35. The van der Waals surface area contributed by atoms with Gasteiger partial charge in [0.25, 0.3) is 0 Å². The van der Waals surface area contributed by atoms with Gasteiger partial charge in [-0.15, -0.1) is 0 Å². The maximum atomic E-state index is 10.9. The Balaban J connectivity index is 3.22. The molecule has 0 amide bonds. The Hall–Kier alpha value is -1.51. The zero-order valence-corrected chi connectivity index (χ0v) is 11.7. The van der Waals surface area contributed by atoms with Crippen LogP contribution < -0.4 is 0 Å². The Kier molecular flexibility index (Phi) is 4.05. The molecule has 2 N–H and O–H groups in total. The standard InChI is InChI=1S/C15H22O3/c1-9-6-11(8-10(2)14(17)18)13(16)12(7-9)15(3,4)5/h6-7,10,16H,8H2,1-5H3,(H,17,18). The van der Waals surface area contributed by atoms with Gasteiger partial charge in [-0.1, -0.05) is 45.4 Å². The highest BCUT2D eigenvalue weighted by molar-refractivity contribution is 5.70. The molecule has 1 atom stereocenters. The maximum Gasteiger partial charge on any atom is 0.306 e. The number of aliphatic carboxylic acids is 1. The van der Waals surface area contributed by atoms with E-state index in [1.807, 2.05) is 39.8 Å². The number of aryl methyl sites for hydroxylation is 1. The molecule has 1 aromatic rings. The van der Waals surface area contributed by atoms with Crippen LogP contribution in [0.2, 0.25) is 0 Å². The van der Waals surface area contributed by atoms with Crippen LogP contribution in [-0.4, -0.2) is 16.2 Å². The predicted molar refractivity (Wildman–Crippen MR) is 72.0 cm³/mol. The van der Waals surface area contributed by atoms with Crippen LogP contribution in [0.3, 0.4) is 0 Å². The molecule has 1 unspecified atom stereocenters. The summed E-state index contributed by atoms with van der Waals surface area (Å²) in [5.41, 5.74) is 2.48. The molecular formula is C15H22O3. The Morgan fingerprint density at radius 1 is 1.33 bits per heavy atom. The minimum Gasteiger partial charge on any atom is -0.507 e. The molecule has 0 radical (unpaired) electrons. The number of hydrogen-bond acceptors (Lipinski definition) is 2. The van der Waals surface area contributed by atoms with E-state index in [2.05, 4.69) is 0 Å². The van der Waals surface area contributed by atoms with E-state index in [4.69, 9.17) is 5.11 Å². The van der Waals surface area contributed by atoms with Crippen LogP contribution in [0.25, 0.3) is 0 Å². The van der Waals surface area contributed by atoms with E-state index in [1.165, 1.54) is 0 Å². The lowest BCUT2D eigenvalue weighted by molar-refractivity contribution is -0.141. The van der Waals surface area contributed by atoms with Gasteiger partial charge < -0.3 is 10.2 Å². The normalized spacial score (nSPS) is 13.4. The first-order valence-corrected chi connectivity index (χ1v) is 6.18. The van der Waals surface area contributed by atoms with Crippen molar-refractivity contribution in [3.63, 3.8) is 0 Å². The SMILES string of the molecule is Cc1cc(CC(C)C(=O)O)c(O)c(C(C)(C)C)c1. The fraction of sp³-hybridized carbons (Fsp3) is 0.533. The quantitative estimate of drug-likeness (QED) is 0.865. The highest BCUT2D eigenvalue weighted by Gasteiger charge is 2.22. The number of carbonyl (C=O) groups is 1. The fourth-order valence-electron chi connectivity index (χ4n) is 2.00. The third-order valence-electron chi connectivity index (χ3n) is 3.09. The molecule has 0 aliphatic heterocycles. The summed E-state index contributed by atoms with van der Waals surface area (Å²) in [6.07, 6.45) is 0.353. The van der Waals surface area contributed by atoms with Crippen molar-refractivity contribution in [1.29, 1.82) is 0 Å². The number of phenolic OH excluding ortho intramolecular Hbond substituents is 1. The summed E-state index contributed by atoms with van der Waals surface area (Å²) < 4.78 is 0. The number of carboxylic acids is 1. The largest absolute Gasteiger partial charge is 0.507 e. The minimum absolute atomic E-state index is 0.155. The van der Waals surface area contributed by atoms with Crippen LogP contribution in [0.4, 0.5) is 0 Å². The zero-order valence-electron chi connectivity index (χ0n) is 11.7. The van der Waals surface area contributed by atoms with Gasteiger partial charge in [0.2, 0.25) is 0 Å². The first-order valence-electron chi connectivity index (χ1n) is 6.18. The minimum atomic E-state index is -0.840. The Labute approximate surface area is 108 Å². The van der Waals surface area contributed by atoms with Gasteiger partial charge in [-0.3, -0.25) is 4.79 Å². The van der Waals surface area contributed by atoms with E-state index in [0.717, 1.165) is 16.7 Å². The smallest absolute Gasteiger partial charge is 0.306 e. The van der Waals surface area contributed by atoms with Gasteiger partial charge in [-0.25, -0.2) is 0 Å². The van der Waals surface area contributed by atoms with Crippen molar-refractivity contribution < 1.29 is 15.0 Å². The third kappa shape index (κ3) is 3.25. The van der Waals surface area contributed by atoms with Crippen LogP contribution in [0.1, 0.15) is 44.4 Å². The average molecular weight is 250 g/mol. The molecule has 1 aromatic carbocycles. The number of hydrogen-bond donors (Lipinski definition) is 2. The van der Waals surface area contributed by atoms with Gasteiger partial charge in [0.05, 0.1) is 5.92 Å². The molecule has 1 rings (SSSR count). The lowest BCUT2D eigenvalue weighted by atomic mass is 9.83. The van der Waals surface area contributed by atoms with Gasteiger partial charge in [0.1, 0.15) is 5.75 Å². The summed E-state index contributed by atoms with van der Waals surface area (Å²) in [4.78, 5) is 10.9. The van der Waals surface area contributed by atoms with Crippen LogP contribution >= 0.6 is 0 Å². The first-order chi connectivity index (χ1) is 8.12. The van der Waals surface area contributed by atoms with E-state index in [9.17, 15) is 9.90 Å². The molecule has 0 saturated carbocycles. The van der Waals surface area contributed by atoms with Crippen molar-refractivity contribution in [3.8, 4) is 5.75 Å². The Morgan fingerprint density at radius 3 is 2.33 bits per heavy atom. The van der Waals surface area contributed by atoms with Crippen molar-refractivity contribution in [2.75, 3.05) is 0 Å². The molecule has 0 aliphatic rings. The van der Waals surface area contributed by atoms with E-state index in [0.29, 0.717) is 6.42 Å². The van der Waals surface area contributed by atoms with E-state index in [1.54, 1.807) is 6.92 Å². The molecule has 18 heavy (non-hydrogen) atoms. The lowest BCUT2D eigenvalue weighted by Crippen LogP contribution is -2.15. The van der Waals surface area contributed by atoms with E-state index >= 15 is 0 Å². The predicted octanol–water partition coefficient (Wildman–Crippen LogP) is 3.26. The summed E-state index contributed by atoms with van der Waals surface area (Å²) in [6.45, 7) is 9.72. The van der Waals surface area contributed by atoms with Gasteiger partial charge >= 0.3 is 5.97 Å². The molecule has 0 saturated heterocycles. The van der Waals surface area contributed by atoms with Crippen LogP contribution in [0, 0.1) is 12.8 Å². The molecule has 0 aromatic heterocycles. The second-order valence-electron chi connectivity index (χ2n) is 6.01. The van der Waals surface area contributed by atoms with Crippen molar-refractivity contribution in [2.24, 2.45) is 5.92 Å². The van der Waals surface area contributed by atoms with E-state index < -0.39 is 11.9 Å². The number of phenols is 1. The fourth-order valence-corrected chi connectivity index (χ4v) is 2.00. The van der Waals surface area contributed by atoms with Crippen LogP contribution in [-0.2, 0) is 16.6 Å². The van der Waals surface area contributed by atoms with Gasteiger partial charge in [-0.2, -0.15) is 0 Å². The highest BCUT2D eigenvalue weighted by atomic mass is 16.4. The molecule has 0 aliphatic carbocycles. The summed E-state index contributed by atoms with van der Waals surface area (Å²) in [5, 5.41) is 19.2. The molecule has 0 spiro atoms. The molecule has 3 nitrogen and oxygen atoms in total. The second-order valence-corrected chi connectivity index (χ2v) is 6.01. The molecule has 3 heteroatoms. The van der Waals surface area contributed by atoms with Crippen LogP contribution in [0.5, 0.6) is 5.75 Å². The molecular weight excluding hydrogens is 228 g/mol. The summed E-state index contributed by atoms with van der Waals surface area (Å²) >= 11 is 0. The van der Waals surface area contributed by atoms with Crippen molar-refractivity contribution in [3.05, 3.63) is 28.8 Å². The van der Waals surface area contributed by atoms with Gasteiger partial charge in [-0.05, 0) is 29.9 Å². The number of rotatable bonds is 3. The Bertz CT molecular complexity index is 456. The number of carboxylic acid groups (broad SMARTS) is 1. The molecule has 0 bridgehead atoms. The molecule has 0 heterocycles. The van der Waals surface area contributed by atoms with Crippen molar-refractivity contribution >= 4 is 5.97 Å². The number of benzene rings is 1. The monoisotopic (exact) mass is 250 g/mol. The lowest BCUT2D eigenvalue weighted by Gasteiger charge is -2.23. The average Bonchev–Trinajstić information content (AvgIpc) is 2.21. The van der Waals surface area contributed by atoms with Gasteiger partial charge in [0, 0.05) is 0 Å². The third-order valence-corrected chi connectivity index (χ3v) is 3.09. The molecule has 100 valence electrons. The second kappa shape index (κ2) is 5.01. The first kappa shape index (κ1) is 14.6. The van der Waals surface area contributed by atoms with E-state index in [-0.39, 0.29) is 11.2 Å². The van der Waals surface area contributed by atoms with Crippen LogP contribution in [0.15, 0.2) is 12.1 Å². The Morgan fingerprint density at radius 2 is 1.89 bits per heavy atom. The topological polar surface area (TPSA) is 57.5 Å². The molecule has 0 fully saturated rings. The van der Waals surface area contributed by atoms with Gasteiger partial charge in [0.15, 0.2) is 0 Å². The maximum absolute atomic E-state index is 10.9. The summed E-state index contributed by atoms with van der Waals surface area (Å²) in [7, 11) is 0. The van der Waals surface area contributed by atoms with Crippen molar-refractivity contribution in [2.45, 2.75) is 46.5 Å². The summed E-state index contributed by atoms with van der Waals surface area (Å²) in [5.74, 6) is -1.10. The number of aromatic hydroxyl groups is 1. The summed E-state index contributed by atoms with van der Waals surface area (Å²) in [6, 6.07) is 3.83. The van der Waals surface area contributed by atoms with Crippen molar-refractivity contribution in [1.82, 2.24) is 0 Å².